The molecule has 0 saturated carbocycles. The number of hydrogen-bond donors (Lipinski definition) is 1. The lowest BCUT2D eigenvalue weighted by molar-refractivity contribution is -0.119. The van der Waals surface area contributed by atoms with Crippen molar-refractivity contribution in [2.24, 2.45) is 5.92 Å². The summed E-state index contributed by atoms with van der Waals surface area (Å²) in [7, 11) is 0. The molecule has 0 spiro atoms. The second-order valence-electron chi connectivity index (χ2n) is 3.53. The van der Waals surface area contributed by atoms with Crippen LogP contribution in [0.4, 0.5) is 5.13 Å². The Balaban J connectivity index is 2.50. The standard InChI is InChI=1S/C10H17N3OS/c1-4-6-7(3)9(14)11-10-13-12-8(5-2)15-10/h7H,4-6H2,1-3H3,(H,11,13,14). The van der Waals surface area contributed by atoms with Gasteiger partial charge in [0.2, 0.25) is 11.0 Å². The number of nitrogens with one attached hydrogen (secondary N) is 1. The molecule has 4 nitrogen and oxygen atoms in total. The zero-order chi connectivity index (χ0) is 11.3. The Morgan fingerprint density at radius 1 is 1.47 bits per heavy atom. The molecule has 1 atom stereocenters. The van der Waals surface area contributed by atoms with Gasteiger partial charge in [0, 0.05) is 5.92 Å². The van der Waals surface area contributed by atoms with Gasteiger partial charge in [-0.05, 0) is 12.8 Å². The average molecular weight is 227 g/mol. The predicted molar refractivity (Wildman–Crippen MR) is 62.0 cm³/mol. The van der Waals surface area contributed by atoms with E-state index in [-0.39, 0.29) is 11.8 Å². The van der Waals surface area contributed by atoms with E-state index in [2.05, 4.69) is 22.4 Å². The summed E-state index contributed by atoms with van der Waals surface area (Å²) in [4.78, 5) is 11.6. The number of amides is 1. The fraction of sp³-hybridized carbons (Fsp3) is 0.700. The van der Waals surface area contributed by atoms with Crippen molar-refractivity contribution in [3.63, 3.8) is 0 Å². The van der Waals surface area contributed by atoms with Gasteiger partial charge < -0.3 is 5.32 Å². The van der Waals surface area contributed by atoms with Crippen molar-refractivity contribution in [1.82, 2.24) is 10.2 Å². The minimum absolute atomic E-state index is 0.0376. The van der Waals surface area contributed by atoms with Crippen molar-refractivity contribution >= 4 is 22.4 Å². The van der Waals surface area contributed by atoms with Gasteiger partial charge in [-0.3, -0.25) is 4.79 Å². The van der Waals surface area contributed by atoms with Gasteiger partial charge in [0.1, 0.15) is 5.01 Å². The highest BCUT2D eigenvalue weighted by Crippen LogP contribution is 2.17. The lowest BCUT2D eigenvalue weighted by Gasteiger charge is -2.07. The van der Waals surface area contributed by atoms with Crippen LogP contribution in [0.25, 0.3) is 0 Å². The summed E-state index contributed by atoms with van der Waals surface area (Å²) in [6.07, 6.45) is 2.79. The van der Waals surface area contributed by atoms with Gasteiger partial charge in [-0.15, -0.1) is 10.2 Å². The summed E-state index contributed by atoms with van der Waals surface area (Å²) in [5.41, 5.74) is 0. The van der Waals surface area contributed by atoms with Crippen LogP contribution in [0.1, 0.15) is 38.6 Å². The topological polar surface area (TPSA) is 54.9 Å². The van der Waals surface area contributed by atoms with Crippen LogP contribution in [0.2, 0.25) is 0 Å². The van der Waals surface area contributed by atoms with Gasteiger partial charge >= 0.3 is 0 Å². The molecule has 84 valence electrons. The zero-order valence-corrected chi connectivity index (χ0v) is 10.2. The number of carbonyl (C=O) groups is 1. The third-order valence-corrected chi connectivity index (χ3v) is 3.15. The van der Waals surface area contributed by atoms with E-state index in [0.717, 1.165) is 24.3 Å². The van der Waals surface area contributed by atoms with Gasteiger partial charge in [0.15, 0.2) is 0 Å². The van der Waals surface area contributed by atoms with Crippen LogP contribution in [-0.4, -0.2) is 16.1 Å². The molecule has 0 aliphatic heterocycles. The SMILES string of the molecule is CCCC(C)C(=O)Nc1nnc(CC)s1. The molecule has 0 aliphatic carbocycles. The summed E-state index contributed by atoms with van der Waals surface area (Å²) in [5.74, 6) is 0.0830. The van der Waals surface area contributed by atoms with E-state index in [1.807, 2.05) is 13.8 Å². The van der Waals surface area contributed by atoms with Gasteiger partial charge in [-0.25, -0.2) is 0 Å². The second kappa shape index (κ2) is 5.80. The Kier molecular flexibility index (Phi) is 4.68. The van der Waals surface area contributed by atoms with Crippen LogP contribution in [0.5, 0.6) is 0 Å². The first-order valence-electron chi connectivity index (χ1n) is 5.30. The van der Waals surface area contributed by atoms with Gasteiger partial charge in [-0.1, -0.05) is 38.5 Å². The van der Waals surface area contributed by atoms with Crippen LogP contribution in [-0.2, 0) is 11.2 Å². The molecule has 0 bridgehead atoms. The fourth-order valence-corrected chi connectivity index (χ4v) is 1.92. The average Bonchev–Trinajstić information content (AvgIpc) is 2.66. The minimum Gasteiger partial charge on any atom is -0.300 e. The first-order chi connectivity index (χ1) is 7.17. The highest BCUT2D eigenvalue weighted by Gasteiger charge is 2.13. The third-order valence-electron chi connectivity index (χ3n) is 2.17. The van der Waals surface area contributed by atoms with E-state index in [9.17, 15) is 4.79 Å². The lowest BCUT2D eigenvalue weighted by Crippen LogP contribution is -2.20. The Bertz CT molecular complexity index is 324. The molecule has 1 heterocycles. The first-order valence-corrected chi connectivity index (χ1v) is 6.12. The summed E-state index contributed by atoms with van der Waals surface area (Å²) >= 11 is 1.44. The Morgan fingerprint density at radius 2 is 2.20 bits per heavy atom. The molecule has 1 aromatic rings. The zero-order valence-electron chi connectivity index (χ0n) is 9.41. The Morgan fingerprint density at radius 3 is 2.73 bits per heavy atom. The Hall–Kier alpha value is -0.970. The van der Waals surface area contributed by atoms with Crippen LogP contribution in [0.15, 0.2) is 0 Å². The molecule has 1 unspecified atom stereocenters. The number of aryl methyl sites for hydroxylation is 1. The summed E-state index contributed by atoms with van der Waals surface area (Å²) in [6, 6.07) is 0. The van der Waals surface area contributed by atoms with E-state index in [1.54, 1.807) is 0 Å². The summed E-state index contributed by atoms with van der Waals surface area (Å²) < 4.78 is 0. The molecule has 0 radical (unpaired) electrons. The molecular formula is C10H17N3OS. The minimum atomic E-state index is 0.0376. The Labute approximate surface area is 94.1 Å². The lowest BCUT2D eigenvalue weighted by atomic mass is 10.1. The fourth-order valence-electron chi connectivity index (χ4n) is 1.24. The first kappa shape index (κ1) is 12.1. The molecule has 1 N–H and O–H groups in total. The van der Waals surface area contributed by atoms with Crippen LogP contribution in [0, 0.1) is 5.92 Å². The van der Waals surface area contributed by atoms with Crippen molar-refractivity contribution in [2.45, 2.75) is 40.0 Å². The monoisotopic (exact) mass is 227 g/mol. The van der Waals surface area contributed by atoms with Crippen molar-refractivity contribution in [3.05, 3.63) is 5.01 Å². The molecule has 0 saturated heterocycles. The van der Waals surface area contributed by atoms with E-state index in [4.69, 9.17) is 0 Å². The van der Waals surface area contributed by atoms with Crippen LogP contribution >= 0.6 is 11.3 Å². The maximum absolute atomic E-state index is 11.6. The van der Waals surface area contributed by atoms with Crippen molar-refractivity contribution in [3.8, 4) is 0 Å². The van der Waals surface area contributed by atoms with Crippen LogP contribution in [0.3, 0.4) is 0 Å². The molecule has 1 amide bonds. The van der Waals surface area contributed by atoms with Gasteiger partial charge in [0.25, 0.3) is 0 Å². The predicted octanol–water partition coefficient (Wildman–Crippen LogP) is 2.48. The summed E-state index contributed by atoms with van der Waals surface area (Å²) in [5, 5.41) is 12.2. The molecular weight excluding hydrogens is 210 g/mol. The highest BCUT2D eigenvalue weighted by atomic mass is 32.1. The molecule has 15 heavy (non-hydrogen) atoms. The van der Waals surface area contributed by atoms with E-state index in [0.29, 0.717) is 5.13 Å². The second-order valence-corrected chi connectivity index (χ2v) is 4.60. The summed E-state index contributed by atoms with van der Waals surface area (Å²) in [6.45, 7) is 6.02. The molecule has 1 aromatic heterocycles. The molecule has 0 aromatic carbocycles. The van der Waals surface area contributed by atoms with Gasteiger partial charge in [0.05, 0.1) is 0 Å². The third kappa shape index (κ3) is 3.58. The normalized spacial score (nSPS) is 12.5. The van der Waals surface area contributed by atoms with E-state index < -0.39 is 0 Å². The number of anilines is 1. The maximum atomic E-state index is 11.6. The van der Waals surface area contributed by atoms with E-state index in [1.165, 1.54) is 11.3 Å². The molecule has 1 rings (SSSR count). The van der Waals surface area contributed by atoms with Gasteiger partial charge in [-0.2, -0.15) is 0 Å². The number of aromatic nitrogens is 2. The maximum Gasteiger partial charge on any atom is 0.229 e. The number of carbonyl (C=O) groups excluding carboxylic acids is 1. The molecule has 0 fully saturated rings. The molecule has 5 heteroatoms. The number of rotatable bonds is 5. The smallest absolute Gasteiger partial charge is 0.229 e. The number of hydrogen-bond acceptors (Lipinski definition) is 4. The quantitative estimate of drug-likeness (QED) is 0.840. The largest absolute Gasteiger partial charge is 0.300 e. The number of nitrogens with zero attached hydrogens (tertiary/aromatic N) is 2. The van der Waals surface area contributed by atoms with Crippen molar-refractivity contribution in [2.75, 3.05) is 5.32 Å². The van der Waals surface area contributed by atoms with E-state index >= 15 is 0 Å². The van der Waals surface area contributed by atoms with Crippen LogP contribution < -0.4 is 5.32 Å². The highest BCUT2D eigenvalue weighted by molar-refractivity contribution is 7.15. The van der Waals surface area contributed by atoms with Crippen molar-refractivity contribution in [1.29, 1.82) is 0 Å². The van der Waals surface area contributed by atoms with Crippen molar-refractivity contribution < 1.29 is 4.79 Å². The molecule has 0 aliphatic rings.